The fraction of sp³-hybridized carbons (Fsp3) is 0.222. The third-order valence-corrected chi connectivity index (χ3v) is 2.17. The van der Waals surface area contributed by atoms with Gasteiger partial charge in [0.25, 0.3) is 0 Å². The summed E-state index contributed by atoms with van der Waals surface area (Å²) in [6.07, 6.45) is 4.28. The molecule has 0 aliphatic carbocycles. The number of rotatable bonds is 3. The number of esters is 1. The van der Waals surface area contributed by atoms with Gasteiger partial charge in [0.1, 0.15) is 6.33 Å². The van der Waals surface area contributed by atoms with E-state index in [1.165, 1.54) is 23.1 Å². The Morgan fingerprint density at radius 1 is 1.59 bits per heavy atom. The van der Waals surface area contributed by atoms with E-state index in [2.05, 4.69) is 9.97 Å². The van der Waals surface area contributed by atoms with Crippen molar-refractivity contribution in [3.63, 3.8) is 0 Å². The molecular formula is C9H10BN3O4. The van der Waals surface area contributed by atoms with Crippen molar-refractivity contribution in [1.82, 2.24) is 14.4 Å². The van der Waals surface area contributed by atoms with Crippen molar-refractivity contribution < 1.29 is 19.6 Å². The molecule has 0 saturated heterocycles. The normalized spacial score (nSPS) is 10.5. The van der Waals surface area contributed by atoms with Crippen LogP contribution in [0.2, 0.25) is 0 Å². The Hall–Kier alpha value is -1.93. The summed E-state index contributed by atoms with van der Waals surface area (Å²) in [6.45, 7) is 1.84. The minimum absolute atomic E-state index is 0.0195. The third kappa shape index (κ3) is 2.13. The quantitative estimate of drug-likeness (QED) is 0.500. The molecule has 2 aromatic heterocycles. The molecule has 0 radical (unpaired) electrons. The Balaban J connectivity index is 2.57. The highest BCUT2D eigenvalue weighted by Crippen LogP contribution is 2.02. The minimum atomic E-state index is -1.80. The highest BCUT2D eigenvalue weighted by molar-refractivity contribution is 6.60. The molecule has 0 unspecified atom stereocenters. The maximum absolute atomic E-state index is 11.6. The number of hydrogen-bond acceptors (Lipinski definition) is 6. The number of carbonyl (C=O) groups is 1. The zero-order chi connectivity index (χ0) is 12.4. The van der Waals surface area contributed by atoms with E-state index in [-0.39, 0.29) is 17.8 Å². The Morgan fingerprint density at radius 2 is 2.35 bits per heavy atom. The van der Waals surface area contributed by atoms with Crippen LogP contribution in [0.3, 0.4) is 0 Å². The second kappa shape index (κ2) is 4.52. The Labute approximate surface area is 96.8 Å². The largest absolute Gasteiger partial charge is 0.492 e. The Morgan fingerprint density at radius 3 is 3.00 bits per heavy atom. The van der Waals surface area contributed by atoms with E-state index >= 15 is 0 Å². The van der Waals surface area contributed by atoms with Gasteiger partial charge in [-0.3, -0.25) is 4.40 Å². The van der Waals surface area contributed by atoms with Crippen LogP contribution in [0.25, 0.3) is 5.65 Å². The Bertz CT molecular complexity index is 554. The van der Waals surface area contributed by atoms with Gasteiger partial charge in [-0.25, -0.2) is 14.8 Å². The van der Waals surface area contributed by atoms with E-state index < -0.39 is 13.1 Å². The molecule has 8 heteroatoms. The summed E-state index contributed by atoms with van der Waals surface area (Å²) in [6, 6.07) is 0. The van der Waals surface area contributed by atoms with Crippen molar-refractivity contribution in [3.05, 3.63) is 24.4 Å². The smallest absolute Gasteiger partial charge is 0.461 e. The number of carbonyl (C=O) groups excluding carboxylic acids is 1. The molecular weight excluding hydrogens is 225 g/mol. The predicted molar refractivity (Wildman–Crippen MR) is 58.8 cm³/mol. The third-order valence-electron chi connectivity index (χ3n) is 2.17. The second-order valence-electron chi connectivity index (χ2n) is 3.30. The zero-order valence-electron chi connectivity index (χ0n) is 9.07. The molecule has 0 aliphatic heterocycles. The fourth-order valence-electron chi connectivity index (χ4n) is 1.43. The summed E-state index contributed by atoms with van der Waals surface area (Å²) in [5, 5.41) is 18.4. The van der Waals surface area contributed by atoms with Crippen LogP contribution >= 0.6 is 0 Å². The molecule has 2 N–H and O–H groups in total. The molecule has 0 amide bonds. The standard InChI is InChI=1S/C9H10BN3O4/c1-2-17-9(14)8-6(10(15)16)4-13-5-11-3-7(13)12-8/h3-5,15-16H,2H2,1H3. The molecule has 2 aromatic rings. The van der Waals surface area contributed by atoms with Crippen LogP contribution in [0.15, 0.2) is 18.7 Å². The zero-order valence-corrected chi connectivity index (χ0v) is 9.07. The molecule has 0 spiro atoms. The van der Waals surface area contributed by atoms with Gasteiger partial charge < -0.3 is 14.8 Å². The van der Waals surface area contributed by atoms with Crippen LogP contribution in [0, 0.1) is 0 Å². The van der Waals surface area contributed by atoms with E-state index in [4.69, 9.17) is 4.74 Å². The van der Waals surface area contributed by atoms with Gasteiger partial charge in [-0.15, -0.1) is 0 Å². The van der Waals surface area contributed by atoms with Crippen molar-refractivity contribution in [1.29, 1.82) is 0 Å². The molecule has 17 heavy (non-hydrogen) atoms. The first-order chi connectivity index (χ1) is 8.13. The number of imidazole rings is 1. The average molecular weight is 235 g/mol. The van der Waals surface area contributed by atoms with Crippen molar-refractivity contribution >= 4 is 24.2 Å². The van der Waals surface area contributed by atoms with Crippen LogP contribution in [0.5, 0.6) is 0 Å². The van der Waals surface area contributed by atoms with Gasteiger partial charge in [-0.05, 0) is 6.92 Å². The number of ether oxygens (including phenoxy) is 1. The van der Waals surface area contributed by atoms with Crippen LogP contribution in [0.1, 0.15) is 17.4 Å². The van der Waals surface area contributed by atoms with Gasteiger partial charge in [0.2, 0.25) is 0 Å². The molecule has 0 aliphatic rings. The first-order valence-electron chi connectivity index (χ1n) is 4.99. The van der Waals surface area contributed by atoms with Gasteiger partial charge in [-0.2, -0.15) is 0 Å². The molecule has 0 bridgehead atoms. The van der Waals surface area contributed by atoms with Gasteiger partial charge >= 0.3 is 13.1 Å². The molecule has 88 valence electrons. The SMILES string of the molecule is CCOC(=O)c1nc2cncn2cc1B(O)O. The van der Waals surface area contributed by atoms with E-state index in [0.29, 0.717) is 5.65 Å². The van der Waals surface area contributed by atoms with Crippen LogP contribution in [0.4, 0.5) is 0 Å². The number of hydrogen-bond donors (Lipinski definition) is 2. The maximum atomic E-state index is 11.6. The molecule has 7 nitrogen and oxygen atoms in total. The van der Waals surface area contributed by atoms with E-state index in [9.17, 15) is 14.8 Å². The summed E-state index contributed by atoms with van der Waals surface area (Å²) in [5.41, 5.74) is 0.293. The first-order valence-corrected chi connectivity index (χ1v) is 4.99. The lowest BCUT2D eigenvalue weighted by Crippen LogP contribution is -2.37. The summed E-state index contributed by atoms with van der Waals surface area (Å²) < 4.78 is 6.27. The summed E-state index contributed by atoms with van der Waals surface area (Å²) >= 11 is 0. The van der Waals surface area contributed by atoms with Crippen molar-refractivity contribution in [2.24, 2.45) is 0 Å². The number of fused-ring (bicyclic) bond motifs is 1. The number of nitrogens with zero attached hydrogens (tertiary/aromatic N) is 3. The lowest BCUT2D eigenvalue weighted by atomic mass is 9.80. The van der Waals surface area contributed by atoms with Gasteiger partial charge in [0.15, 0.2) is 11.3 Å². The highest BCUT2D eigenvalue weighted by Gasteiger charge is 2.24. The van der Waals surface area contributed by atoms with E-state index in [1.807, 2.05) is 0 Å². The van der Waals surface area contributed by atoms with Crippen molar-refractivity contribution in [2.45, 2.75) is 6.92 Å². The molecule has 0 aromatic carbocycles. The maximum Gasteiger partial charge on any atom is 0.492 e. The second-order valence-corrected chi connectivity index (χ2v) is 3.30. The van der Waals surface area contributed by atoms with Crippen LogP contribution < -0.4 is 5.46 Å². The highest BCUT2D eigenvalue weighted by atomic mass is 16.5. The predicted octanol–water partition coefficient (Wildman–Crippen LogP) is -1.41. The topological polar surface area (TPSA) is 97.0 Å². The van der Waals surface area contributed by atoms with Gasteiger partial charge in [0.05, 0.1) is 12.8 Å². The first kappa shape index (κ1) is 11.6. The molecule has 0 saturated carbocycles. The summed E-state index contributed by atoms with van der Waals surface area (Å²) in [4.78, 5) is 19.4. The molecule has 0 fully saturated rings. The summed E-state index contributed by atoms with van der Waals surface area (Å²) in [5.74, 6) is -0.695. The minimum Gasteiger partial charge on any atom is -0.461 e. The van der Waals surface area contributed by atoms with Gasteiger partial charge in [-0.1, -0.05) is 0 Å². The van der Waals surface area contributed by atoms with E-state index in [1.54, 1.807) is 6.92 Å². The lowest BCUT2D eigenvalue weighted by Gasteiger charge is -2.07. The van der Waals surface area contributed by atoms with Crippen LogP contribution in [-0.4, -0.2) is 44.1 Å². The Kier molecular flexibility index (Phi) is 3.07. The van der Waals surface area contributed by atoms with E-state index in [0.717, 1.165) is 0 Å². The monoisotopic (exact) mass is 235 g/mol. The fourth-order valence-corrected chi connectivity index (χ4v) is 1.43. The molecule has 2 heterocycles. The summed E-state index contributed by atoms with van der Waals surface area (Å²) in [7, 11) is -1.80. The molecule has 0 atom stereocenters. The lowest BCUT2D eigenvalue weighted by molar-refractivity contribution is 0.0521. The number of aromatic nitrogens is 3. The van der Waals surface area contributed by atoms with Gasteiger partial charge in [0, 0.05) is 11.7 Å². The van der Waals surface area contributed by atoms with Crippen molar-refractivity contribution in [3.8, 4) is 0 Å². The average Bonchev–Trinajstić information content (AvgIpc) is 2.74. The van der Waals surface area contributed by atoms with Crippen LogP contribution in [-0.2, 0) is 4.74 Å². The molecule has 2 rings (SSSR count). The van der Waals surface area contributed by atoms with Crippen molar-refractivity contribution in [2.75, 3.05) is 6.61 Å².